The smallest absolute Gasteiger partial charge is 0.137 e. The van der Waals surface area contributed by atoms with Gasteiger partial charge < -0.3 is 5.73 Å². The molecule has 1 saturated heterocycles. The van der Waals surface area contributed by atoms with E-state index < -0.39 is 0 Å². The van der Waals surface area contributed by atoms with E-state index in [1.807, 2.05) is 23.9 Å². The van der Waals surface area contributed by atoms with Crippen molar-refractivity contribution < 1.29 is 4.39 Å². The minimum Gasteiger partial charge on any atom is -0.389 e. The molecule has 2 N–H and O–H groups in total. The Bertz CT molecular complexity index is 469. The fraction of sp³-hybridized carbons (Fsp3) is 0.500. The molecule has 1 heterocycles. The van der Waals surface area contributed by atoms with Crippen LogP contribution in [0.15, 0.2) is 18.2 Å². The Morgan fingerprint density at radius 2 is 2.05 bits per heavy atom. The van der Waals surface area contributed by atoms with E-state index >= 15 is 0 Å². The third kappa shape index (κ3) is 3.68. The maximum Gasteiger partial charge on any atom is 0.137 e. The monoisotopic (exact) mass is 298 g/mol. The van der Waals surface area contributed by atoms with Crippen molar-refractivity contribution in [3.8, 4) is 0 Å². The van der Waals surface area contributed by atoms with Gasteiger partial charge in [-0.05, 0) is 6.07 Å². The van der Waals surface area contributed by atoms with Gasteiger partial charge in [-0.25, -0.2) is 4.39 Å². The maximum atomic E-state index is 14.3. The quantitative estimate of drug-likeness (QED) is 0.869. The molecule has 0 aromatic heterocycles. The van der Waals surface area contributed by atoms with E-state index in [1.54, 1.807) is 6.07 Å². The normalized spacial score (nSPS) is 24.4. The lowest BCUT2D eigenvalue weighted by atomic mass is 10.1. The highest BCUT2D eigenvalue weighted by Crippen LogP contribution is 2.26. The second kappa shape index (κ2) is 6.20. The molecule has 1 aliphatic rings. The Labute approximate surface area is 123 Å². The van der Waals surface area contributed by atoms with Crippen molar-refractivity contribution in [2.75, 3.05) is 13.1 Å². The van der Waals surface area contributed by atoms with Gasteiger partial charge >= 0.3 is 0 Å². The summed E-state index contributed by atoms with van der Waals surface area (Å²) >= 11 is 6.86. The van der Waals surface area contributed by atoms with Crippen molar-refractivity contribution in [1.29, 1.82) is 0 Å². The van der Waals surface area contributed by atoms with E-state index in [4.69, 9.17) is 18.0 Å². The van der Waals surface area contributed by atoms with Gasteiger partial charge in [0.15, 0.2) is 0 Å². The SMILES string of the molecule is CC1CN(Cc2cccc(C(N)=S)c2F)CC(C)S1. The highest BCUT2D eigenvalue weighted by Gasteiger charge is 2.23. The van der Waals surface area contributed by atoms with Gasteiger partial charge in [0.25, 0.3) is 0 Å². The lowest BCUT2D eigenvalue weighted by Gasteiger charge is -2.34. The highest BCUT2D eigenvalue weighted by molar-refractivity contribution is 8.00. The molecular weight excluding hydrogens is 279 g/mol. The number of thioether (sulfide) groups is 1. The zero-order valence-electron chi connectivity index (χ0n) is 11.2. The molecule has 0 bridgehead atoms. The topological polar surface area (TPSA) is 29.3 Å². The average molecular weight is 298 g/mol. The van der Waals surface area contributed by atoms with Gasteiger partial charge in [0, 0.05) is 41.3 Å². The van der Waals surface area contributed by atoms with Crippen molar-refractivity contribution in [3.63, 3.8) is 0 Å². The van der Waals surface area contributed by atoms with Crippen molar-refractivity contribution in [2.45, 2.75) is 30.9 Å². The van der Waals surface area contributed by atoms with Gasteiger partial charge in [-0.15, -0.1) is 0 Å². The molecule has 0 spiro atoms. The molecule has 0 radical (unpaired) electrons. The van der Waals surface area contributed by atoms with Crippen molar-refractivity contribution >= 4 is 29.0 Å². The minimum atomic E-state index is -0.270. The summed E-state index contributed by atoms with van der Waals surface area (Å²) in [6, 6.07) is 5.27. The summed E-state index contributed by atoms with van der Waals surface area (Å²) in [7, 11) is 0. The van der Waals surface area contributed by atoms with Crippen molar-refractivity contribution in [3.05, 3.63) is 35.1 Å². The summed E-state index contributed by atoms with van der Waals surface area (Å²) in [6.45, 7) is 7.04. The average Bonchev–Trinajstić information content (AvgIpc) is 2.30. The van der Waals surface area contributed by atoms with Crippen LogP contribution < -0.4 is 5.73 Å². The third-order valence-electron chi connectivity index (χ3n) is 3.23. The summed E-state index contributed by atoms with van der Waals surface area (Å²) in [5, 5.41) is 1.18. The number of nitrogens with two attached hydrogens (primary N) is 1. The zero-order chi connectivity index (χ0) is 14.0. The molecule has 1 aromatic carbocycles. The van der Waals surface area contributed by atoms with Crippen LogP contribution in [0.1, 0.15) is 25.0 Å². The Morgan fingerprint density at radius 3 is 2.63 bits per heavy atom. The number of nitrogens with zero attached hydrogens (tertiary/aromatic N) is 1. The van der Waals surface area contributed by atoms with Crippen LogP contribution in [0.4, 0.5) is 4.39 Å². The van der Waals surface area contributed by atoms with Crippen LogP contribution in [-0.2, 0) is 6.54 Å². The van der Waals surface area contributed by atoms with Crippen molar-refractivity contribution in [2.24, 2.45) is 5.73 Å². The van der Waals surface area contributed by atoms with E-state index in [0.717, 1.165) is 13.1 Å². The van der Waals surface area contributed by atoms with E-state index in [2.05, 4.69) is 18.7 Å². The first-order valence-corrected chi connectivity index (χ1v) is 7.77. The van der Waals surface area contributed by atoms with Gasteiger partial charge in [0.1, 0.15) is 10.8 Å². The second-order valence-electron chi connectivity index (χ2n) is 5.09. The van der Waals surface area contributed by atoms with Crippen LogP contribution >= 0.6 is 24.0 Å². The van der Waals surface area contributed by atoms with Crippen LogP contribution in [0.2, 0.25) is 0 Å². The molecule has 1 aliphatic heterocycles. The number of hydrogen-bond acceptors (Lipinski definition) is 3. The van der Waals surface area contributed by atoms with Gasteiger partial charge in [0.2, 0.25) is 0 Å². The minimum absolute atomic E-state index is 0.121. The molecule has 1 aromatic rings. The van der Waals surface area contributed by atoms with Gasteiger partial charge in [-0.2, -0.15) is 11.8 Å². The molecule has 2 nitrogen and oxygen atoms in total. The summed E-state index contributed by atoms with van der Waals surface area (Å²) in [5.74, 6) is -0.270. The number of rotatable bonds is 3. The number of thiocarbonyl (C=S) groups is 1. The molecule has 1 fully saturated rings. The van der Waals surface area contributed by atoms with Crippen LogP contribution in [0.3, 0.4) is 0 Å². The second-order valence-corrected chi connectivity index (χ2v) is 7.42. The number of hydrogen-bond donors (Lipinski definition) is 1. The van der Waals surface area contributed by atoms with Gasteiger partial charge in [-0.1, -0.05) is 38.2 Å². The molecule has 2 rings (SSSR count). The summed E-state index contributed by atoms with van der Waals surface area (Å²) < 4.78 is 14.3. The largest absolute Gasteiger partial charge is 0.389 e. The fourth-order valence-electron chi connectivity index (χ4n) is 2.55. The van der Waals surface area contributed by atoms with Crippen molar-refractivity contribution in [1.82, 2.24) is 4.90 Å². The van der Waals surface area contributed by atoms with Gasteiger partial charge in [-0.3, -0.25) is 4.90 Å². The lowest BCUT2D eigenvalue weighted by molar-refractivity contribution is 0.259. The Morgan fingerprint density at radius 1 is 1.42 bits per heavy atom. The Balaban J connectivity index is 2.15. The van der Waals surface area contributed by atoms with E-state index in [0.29, 0.717) is 28.2 Å². The first-order valence-electron chi connectivity index (χ1n) is 6.42. The first kappa shape index (κ1) is 14.8. The Hall–Kier alpha value is -0.650. The molecule has 19 heavy (non-hydrogen) atoms. The van der Waals surface area contributed by atoms with E-state index in [-0.39, 0.29) is 10.8 Å². The highest BCUT2D eigenvalue weighted by atomic mass is 32.2. The van der Waals surface area contributed by atoms with Crippen LogP contribution in [0.5, 0.6) is 0 Å². The first-order chi connectivity index (χ1) is 8.97. The predicted molar refractivity (Wildman–Crippen MR) is 84.1 cm³/mol. The third-order valence-corrected chi connectivity index (χ3v) is 4.68. The molecule has 104 valence electrons. The molecule has 0 saturated carbocycles. The molecular formula is C14H19FN2S2. The number of benzene rings is 1. The van der Waals surface area contributed by atoms with Gasteiger partial charge in [0.05, 0.1) is 0 Å². The summed E-state index contributed by atoms with van der Waals surface area (Å²) in [5.41, 5.74) is 6.56. The lowest BCUT2D eigenvalue weighted by Crippen LogP contribution is -2.40. The molecule has 0 amide bonds. The predicted octanol–water partition coefficient (Wildman–Crippen LogP) is 2.79. The molecule has 2 unspecified atom stereocenters. The maximum absolute atomic E-state index is 14.3. The Kier molecular flexibility index (Phi) is 4.81. The number of halogens is 1. The molecule has 0 aliphatic carbocycles. The molecule has 5 heteroatoms. The standard InChI is InChI=1S/C14H19FN2S2/c1-9-6-17(7-10(2)19-9)8-11-4-3-5-12(13(11)15)14(16)18/h3-5,9-10H,6-8H2,1-2H3,(H2,16,18). The summed E-state index contributed by atoms with van der Waals surface area (Å²) in [6.07, 6.45) is 0. The fourth-order valence-corrected chi connectivity index (χ4v) is 4.09. The van der Waals surface area contributed by atoms with E-state index in [9.17, 15) is 4.39 Å². The van der Waals surface area contributed by atoms with Crippen LogP contribution in [0.25, 0.3) is 0 Å². The van der Waals surface area contributed by atoms with Crippen LogP contribution in [-0.4, -0.2) is 33.5 Å². The zero-order valence-corrected chi connectivity index (χ0v) is 12.9. The molecule has 2 atom stereocenters. The summed E-state index contributed by atoms with van der Waals surface area (Å²) in [4.78, 5) is 2.42. The van der Waals surface area contributed by atoms with Crippen LogP contribution in [0, 0.1) is 5.82 Å². The van der Waals surface area contributed by atoms with E-state index in [1.165, 1.54) is 0 Å².